The molecule has 1 aromatic rings. The Hall–Kier alpha value is -2.02. The van der Waals surface area contributed by atoms with E-state index >= 15 is 0 Å². The van der Waals surface area contributed by atoms with Crippen LogP contribution in [0.5, 0.6) is 5.75 Å². The average Bonchev–Trinajstić information content (AvgIpc) is 3.21. The maximum absolute atomic E-state index is 11.9. The minimum atomic E-state index is -0.178. The van der Waals surface area contributed by atoms with Gasteiger partial charge in [-0.15, -0.1) is 0 Å². The predicted octanol–water partition coefficient (Wildman–Crippen LogP) is 1.79. The Morgan fingerprint density at radius 2 is 2.00 bits per heavy atom. The van der Waals surface area contributed by atoms with Crippen LogP contribution < -0.4 is 26.2 Å². The van der Waals surface area contributed by atoms with Crippen LogP contribution in [0.2, 0.25) is 0 Å². The molecule has 2 fully saturated rings. The zero-order valence-electron chi connectivity index (χ0n) is 13.8. The Bertz CT molecular complexity index is 593. The number of hydrazine groups is 1. The average molecular weight is 348 g/mol. The number of ether oxygens (including phenoxy) is 1. The summed E-state index contributed by atoms with van der Waals surface area (Å²) in [6.07, 6.45) is 5.16. The number of carbonyl (C=O) groups is 1. The predicted molar refractivity (Wildman–Crippen MR) is 97.7 cm³/mol. The van der Waals surface area contributed by atoms with E-state index in [1.54, 1.807) is 7.11 Å². The number of hydrogen-bond donors (Lipinski definition) is 4. The van der Waals surface area contributed by atoms with Gasteiger partial charge >= 0.3 is 0 Å². The van der Waals surface area contributed by atoms with Crippen LogP contribution in [-0.4, -0.2) is 30.7 Å². The summed E-state index contributed by atoms with van der Waals surface area (Å²) in [7, 11) is 1.62. The molecule has 2 saturated carbocycles. The van der Waals surface area contributed by atoms with E-state index in [1.165, 1.54) is 25.7 Å². The Labute approximate surface area is 147 Å². The van der Waals surface area contributed by atoms with Crippen molar-refractivity contribution in [3.05, 3.63) is 24.3 Å². The molecule has 1 amide bonds. The minimum Gasteiger partial charge on any atom is -0.497 e. The first-order valence-corrected chi connectivity index (χ1v) is 8.78. The van der Waals surface area contributed by atoms with E-state index in [0.29, 0.717) is 11.2 Å². The van der Waals surface area contributed by atoms with Gasteiger partial charge in [0.25, 0.3) is 5.91 Å². The first-order valence-electron chi connectivity index (χ1n) is 8.37. The van der Waals surface area contributed by atoms with Crippen molar-refractivity contribution >= 4 is 28.9 Å². The second-order valence-corrected chi connectivity index (χ2v) is 6.92. The second kappa shape index (κ2) is 7.70. The number of methoxy groups -OCH3 is 1. The maximum atomic E-state index is 11.9. The number of fused-ring (bicyclic) bond motifs is 2. The number of amides is 1. The van der Waals surface area contributed by atoms with Crippen LogP contribution >= 0.6 is 12.2 Å². The van der Waals surface area contributed by atoms with Crippen LogP contribution in [-0.2, 0) is 4.79 Å². The number of rotatable bonds is 5. The summed E-state index contributed by atoms with van der Waals surface area (Å²) in [5.41, 5.74) is 6.25. The molecule has 1 aromatic carbocycles. The Morgan fingerprint density at radius 1 is 1.21 bits per heavy atom. The molecule has 2 aliphatic carbocycles. The number of hydrogen-bond acceptors (Lipinski definition) is 4. The molecule has 3 rings (SSSR count). The molecule has 3 atom stereocenters. The number of carbonyl (C=O) groups excluding carboxylic acids is 1. The van der Waals surface area contributed by atoms with Crippen molar-refractivity contribution in [1.29, 1.82) is 0 Å². The second-order valence-electron chi connectivity index (χ2n) is 6.51. The fourth-order valence-corrected chi connectivity index (χ4v) is 3.89. The molecule has 2 bridgehead atoms. The van der Waals surface area contributed by atoms with E-state index in [4.69, 9.17) is 17.0 Å². The monoisotopic (exact) mass is 348 g/mol. The first kappa shape index (κ1) is 16.8. The molecule has 0 heterocycles. The normalized spacial score (nSPS) is 24.3. The van der Waals surface area contributed by atoms with Crippen molar-refractivity contribution in [2.24, 2.45) is 11.8 Å². The number of nitrogens with one attached hydrogen (secondary N) is 4. The van der Waals surface area contributed by atoms with E-state index in [0.717, 1.165) is 23.3 Å². The summed E-state index contributed by atoms with van der Waals surface area (Å²) < 4.78 is 5.09. The highest BCUT2D eigenvalue weighted by molar-refractivity contribution is 7.80. The SMILES string of the molecule is COc1ccc(NCC(=O)NNC(=S)N[C@@H]2C[C@@H]3CC[C@H]2C3)cc1. The molecule has 7 heteroatoms. The maximum Gasteiger partial charge on any atom is 0.257 e. The standard InChI is InChI=1S/C17H24N4O2S/c1-23-14-6-4-13(5-7-14)18-10-16(22)20-21-17(24)19-15-9-11-2-3-12(15)8-11/h4-7,11-12,15,18H,2-3,8-10H2,1H3,(H,20,22)(H2,19,21,24)/t11-,12+,15-/m1/s1. The van der Waals surface area contributed by atoms with Crippen molar-refractivity contribution in [3.63, 3.8) is 0 Å². The van der Waals surface area contributed by atoms with Gasteiger partial charge in [0, 0.05) is 11.7 Å². The van der Waals surface area contributed by atoms with Gasteiger partial charge in [-0.05, 0) is 67.6 Å². The largest absolute Gasteiger partial charge is 0.497 e. The summed E-state index contributed by atoms with van der Waals surface area (Å²) in [5, 5.41) is 6.86. The number of thiocarbonyl (C=S) groups is 1. The summed E-state index contributed by atoms with van der Waals surface area (Å²) in [6, 6.07) is 7.86. The van der Waals surface area contributed by atoms with Crippen molar-refractivity contribution in [2.45, 2.75) is 31.7 Å². The van der Waals surface area contributed by atoms with Gasteiger partial charge in [-0.25, -0.2) is 0 Å². The smallest absolute Gasteiger partial charge is 0.257 e. The fraction of sp³-hybridized carbons (Fsp3) is 0.529. The molecule has 0 saturated heterocycles. The molecular formula is C17H24N4O2S. The number of benzene rings is 1. The van der Waals surface area contributed by atoms with E-state index in [1.807, 2.05) is 24.3 Å². The van der Waals surface area contributed by atoms with Gasteiger partial charge in [-0.1, -0.05) is 6.42 Å². The van der Waals surface area contributed by atoms with Crippen molar-refractivity contribution in [1.82, 2.24) is 16.2 Å². The van der Waals surface area contributed by atoms with Gasteiger partial charge in [0.1, 0.15) is 5.75 Å². The quantitative estimate of drug-likeness (QED) is 0.480. The van der Waals surface area contributed by atoms with E-state index in [2.05, 4.69) is 21.5 Å². The Kier molecular flexibility index (Phi) is 5.40. The third-order valence-corrected chi connectivity index (χ3v) is 5.13. The van der Waals surface area contributed by atoms with Gasteiger partial charge in [0.15, 0.2) is 5.11 Å². The molecule has 130 valence electrons. The van der Waals surface area contributed by atoms with Gasteiger partial charge in [0.2, 0.25) is 0 Å². The van der Waals surface area contributed by atoms with Gasteiger partial charge in [-0.2, -0.15) is 0 Å². The third kappa shape index (κ3) is 4.29. The van der Waals surface area contributed by atoms with Crippen LogP contribution in [0.15, 0.2) is 24.3 Å². The van der Waals surface area contributed by atoms with Crippen LogP contribution in [0.25, 0.3) is 0 Å². The molecule has 0 aromatic heterocycles. The van der Waals surface area contributed by atoms with Gasteiger partial charge < -0.3 is 15.4 Å². The summed E-state index contributed by atoms with van der Waals surface area (Å²) >= 11 is 5.26. The highest BCUT2D eigenvalue weighted by Crippen LogP contribution is 2.44. The van der Waals surface area contributed by atoms with Gasteiger partial charge in [0.05, 0.1) is 13.7 Å². The molecular weight excluding hydrogens is 324 g/mol. The lowest BCUT2D eigenvalue weighted by Crippen LogP contribution is -2.51. The zero-order chi connectivity index (χ0) is 16.9. The molecule has 0 unspecified atom stereocenters. The molecule has 0 aliphatic heterocycles. The van der Waals surface area contributed by atoms with Gasteiger partial charge in [-0.3, -0.25) is 15.6 Å². The van der Waals surface area contributed by atoms with Crippen LogP contribution in [0, 0.1) is 11.8 Å². The van der Waals surface area contributed by atoms with Crippen LogP contribution in [0.4, 0.5) is 5.69 Å². The van der Waals surface area contributed by atoms with Crippen molar-refractivity contribution in [3.8, 4) is 5.75 Å². The topological polar surface area (TPSA) is 74.4 Å². The molecule has 0 radical (unpaired) electrons. The Balaban J connectivity index is 1.33. The Morgan fingerprint density at radius 3 is 2.62 bits per heavy atom. The van der Waals surface area contributed by atoms with E-state index in [9.17, 15) is 4.79 Å². The lowest BCUT2D eigenvalue weighted by molar-refractivity contribution is -0.119. The summed E-state index contributed by atoms with van der Waals surface area (Å²) in [6.45, 7) is 0.163. The first-order chi connectivity index (χ1) is 11.6. The molecule has 2 aliphatic rings. The third-order valence-electron chi connectivity index (χ3n) is 4.91. The van der Waals surface area contributed by atoms with E-state index < -0.39 is 0 Å². The summed E-state index contributed by atoms with van der Waals surface area (Å²) in [5.74, 6) is 2.20. The molecule has 24 heavy (non-hydrogen) atoms. The zero-order valence-corrected chi connectivity index (χ0v) is 14.6. The molecule has 6 nitrogen and oxygen atoms in total. The highest BCUT2D eigenvalue weighted by Gasteiger charge is 2.39. The minimum absolute atomic E-state index is 0.163. The molecule has 4 N–H and O–H groups in total. The fourth-order valence-electron chi connectivity index (χ4n) is 3.69. The molecule has 0 spiro atoms. The number of anilines is 1. The van der Waals surface area contributed by atoms with Crippen LogP contribution in [0.1, 0.15) is 25.7 Å². The van der Waals surface area contributed by atoms with Crippen LogP contribution in [0.3, 0.4) is 0 Å². The van der Waals surface area contributed by atoms with E-state index in [-0.39, 0.29) is 12.5 Å². The lowest BCUT2D eigenvalue weighted by Gasteiger charge is -2.24. The van der Waals surface area contributed by atoms with Crippen molar-refractivity contribution < 1.29 is 9.53 Å². The highest BCUT2D eigenvalue weighted by atomic mass is 32.1. The lowest BCUT2D eigenvalue weighted by atomic mass is 9.96. The van der Waals surface area contributed by atoms with Crippen molar-refractivity contribution in [2.75, 3.05) is 19.0 Å². The summed E-state index contributed by atoms with van der Waals surface area (Å²) in [4.78, 5) is 11.9.